The molecule has 102 valence electrons. The molecule has 0 aliphatic rings. The van der Waals surface area contributed by atoms with Crippen LogP contribution in [0.15, 0.2) is 0 Å². The van der Waals surface area contributed by atoms with Crippen molar-refractivity contribution < 1.29 is 13.7 Å². The number of hydrogen-bond acceptors (Lipinski definition) is 2. The minimum atomic E-state index is -2.47. The van der Waals surface area contributed by atoms with Crippen LogP contribution >= 0.6 is 8.25 Å². The third-order valence-corrected chi connectivity index (χ3v) is 73.4. The highest BCUT2D eigenvalue weighted by Crippen LogP contribution is 2.42. The zero-order valence-electron chi connectivity index (χ0n) is 12.7. The Morgan fingerprint density at radius 2 is 1.00 bits per heavy atom. The van der Waals surface area contributed by atoms with Gasteiger partial charge in [-0.1, -0.05) is 58.9 Å². The molecule has 8 heteroatoms. The Morgan fingerprint density at radius 1 is 0.765 bits per heavy atom. The standard InChI is InChI=1S/C9H27O3PSi4/c1-14(2,3)17(12-13(10)11,15(4,5)6)16(7,8)9/h1-9H3/p+1. The molecular weight excluding hydrogens is 299 g/mol. The molecule has 1 N–H and O–H groups in total. The summed E-state index contributed by atoms with van der Waals surface area (Å²) < 4.78 is 17.3. The molecule has 0 bridgehead atoms. The normalized spacial score (nSPS) is 16.0. The lowest BCUT2D eigenvalue weighted by Crippen LogP contribution is -2.83. The van der Waals surface area contributed by atoms with Crippen molar-refractivity contribution in [2.45, 2.75) is 58.9 Å². The Bertz CT molecular complexity index is 265. The van der Waals surface area contributed by atoms with Crippen LogP contribution in [-0.2, 0) is 8.78 Å². The summed E-state index contributed by atoms with van der Waals surface area (Å²) in [6, 6.07) is 0. The van der Waals surface area contributed by atoms with Gasteiger partial charge in [-0.25, -0.2) is 0 Å². The van der Waals surface area contributed by atoms with Gasteiger partial charge in [-0.3, -0.25) is 0 Å². The first-order chi connectivity index (χ1) is 7.17. The third-order valence-electron chi connectivity index (χ3n) is 3.38. The van der Waals surface area contributed by atoms with Crippen LogP contribution in [0.25, 0.3) is 0 Å². The van der Waals surface area contributed by atoms with Gasteiger partial charge in [-0.15, -0.1) is 4.89 Å². The summed E-state index contributed by atoms with van der Waals surface area (Å²) in [5.74, 6) is 0. The Balaban J connectivity index is 6.02. The minimum Gasteiger partial charge on any atom is -0.186 e. The molecule has 0 radical (unpaired) electrons. The highest BCUT2D eigenvalue weighted by Gasteiger charge is 2.68. The van der Waals surface area contributed by atoms with E-state index < -0.39 is 37.9 Å². The maximum absolute atomic E-state index is 11.4. The largest absolute Gasteiger partial charge is 0.681 e. The summed E-state index contributed by atoms with van der Waals surface area (Å²) in [4.78, 5) is 9.37. The number of rotatable bonds is 5. The van der Waals surface area contributed by atoms with E-state index in [2.05, 4.69) is 58.9 Å². The summed E-state index contributed by atoms with van der Waals surface area (Å²) in [6.45, 7) is 18.9. The number of hydrogen-bond donors (Lipinski definition) is 1. The zero-order chi connectivity index (χ0) is 14.3. The van der Waals surface area contributed by atoms with Crippen LogP contribution in [0.5, 0.6) is 0 Å². The van der Waals surface area contributed by atoms with Crippen LogP contribution < -0.4 is 0 Å². The van der Waals surface area contributed by atoms with Crippen LogP contribution in [0, 0.1) is 0 Å². The second-order valence-corrected chi connectivity index (χ2v) is 48.2. The molecule has 0 spiro atoms. The average Bonchev–Trinajstić information content (AvgIpc) is 1.91. The van der Waals surface area contributed by atoms with Gasteiger partial charge in [0.25, 0.3) is 0 Å². The van der Waals surface area contributed by atoms with Crippen molar-refractivity contribution in [2.24, 2.45) is 0 Å². The highest BCUT2D eigenvalue weighted by atomic mass is 31.1. The van der Waals surface area contributed by atoms with Crippen LogP contribution in [0.4, 0.5) is 0 Å². The van der Waals surface area contributed by atoms with Gasteiger partial charge in [0, 0.05) is 4.57 Å². The Morgan fingerprint density at radius 3 is 1.06 bits per heavy atom. The van der Waals surface area contributed by atoms with Crippen molar-refractivity contribution in [1.29, 1.82) is 0 Å². The van der Waals surface area contributed by atoms with Crippen molar-refractivity contribution in [3.8, 4) is 0 Å². The van der Waals surface area contributed by atoms with Gasteiger partial charge in [0.2, 0.25) is 6.87 Å². The van der Waals surface area contributed by atoms with Crippen molar-refractivity contribution in [2.75, 3.05) is 0 Å². The highest BCUT2D eigenvalue weighted by molar-refractivity contribution is 7.88. The molecule has 3 nitrogen and oxygen atoms in total. The van der Waals surface area contributed by atoms with E-state index in [1.54, 1.807) is 0 Å². The van der Waals surface area contributed by atoms with Gasteiger partial charge < -0.3 is 0 Å². The van der Waals surface area contributed by atoms with Crippen molar-refractivity contribution in [3.05, 3.63) is 0 Å². The zero-order valence-corrected chi connectivity index (χ0v) is 17.6. The van der Waals surface area contributed by atoms with E-state index in [-0.39, 0.29) is 0 Å². The fraction of sp³-hybridized carbons (Fsp3) is 1.00. The molecule has 0 rings (SSSR count). The van der Waals surface area contributed by atoms with Gasteiger partial charge >= 0.3 is 8.25 Å². The Kier molecular flexibility index (Phi) is 5.37. The second-order valence-electron chi connectivity index (χ2n) is 7.76. The fourth-order valence-corrected chi connectivity index (χ4v) is 105. The van der Waals surface area contributed by atoms with Gasteiger partial charge in [-0.2, -0.15) is 4.21 Å². The Labute approximate surface area is 110 Å². The minimum absolute atomic E-state index is 1.57. The quantitative estimate of drug-likeness (QED) is 0.616. The summed E-state index contributed by atoms with van der Waals surface area (Å²) in [6.07, 6.45) is 0. The first kappa shape index (κ1) is 17.9. The van der Waals surface area contributed by atoms with E-state index in [9.17, 15) is 9.46 Å². The van der Waals surface area contributed by atoms with E-state index in [1.165, 1.54) is 0 Å². The molecule has 0 fully saturated rings. The van der Waals surface area contributed by atoms with Gasteiger partial charge in [0.15, 0.2) is 0 Å². The third kappa shape index (κ3) is 3.46. The molecule has 1 unspecified atom stereocenters. The van der Waals surface area contributed by atoms with E-state index in [4.69, 9.17) is 4.21 Å². The average molecular weight is 328 g/mol. The smallest absolute Gasteiger partial charge is 0.186 e. The maximum atomic E-state index is 11.4. The molecule has 0 aromatic heterocycles. The lowest BCUT2D eigenvalue weighted by atomic mass is 11.8. The van der Waals surface area contributed by atoms with Crippen molar-refractivity contribution in [3.63, 3.8) is 0 Å². The molecule has 1 atom stereocenters. The summed E-state index contributed by atoms with van der Waals surface area (Å²) in [5, 5.41) is 0. The fourth-order valence-electron chi connectivity index (χ4n) is 3.90. The van der Waals surface area contributed by atoms with Crippen LogP contribution in [0.1, 0.15) is 0 Å². The van der Waals surface area contributed by atoms with Gasteiger partial charge in [0.1, 0.15) is 0 Å². The topological polar surface area (TPSA) is 46.5 Å². The summed E-state index contributed by atoms with van der Waals surface area (Å²) in [5.41, 5.74) is 0. The van der Waals surface area contributed by atoms with Crippen molar-refractivity contribution >= 4 is 37.9 Å². The first-order valence-electron chi connectivity index (χ1n) is 6.02. The molecule has 0 aliphatic carbocycles. The van der Waals surface area contributed by atoms with E-state index in [0.717, 1.165) is 0 Å². The molecular formula is C9H28O3PSi4+. The van der Waals surface area contributed by atoms with E-state index in [1.807, 2.05) is 0 Å². The SMILES string of the molecule is C[Si](C)(C)[Si](O[P+](=O)O)([Si](C)(C)C)[Si](C)(C)C. The van der Waals surface area contributed by atoms with Gasteiger partial charge in [0.05, 0.1) is 22.8 Å². The molecule has 0 amide bonds. The Hall–Kier alpha value is 0.888. The van der Waals surface area contributed by atoms with E-state index in [0.29, 0.717) is 0 Å². The summed E-state index contributed by atoms with van der Waals surface area (Å²) in [7, 11) is -7.19. The van der Waals surface area contributed by atoms with Crippen molar-refractivity contribution in [1.82, 2.24) is 0 Å². The predicted molar refractivity (Wildman–Crippen MR) is 86.7 cm³/mol. The lowest BCUT2D eigenvalue weighted by Gasteiger charge is -2.51. The van der Waals surface area contributed by atoms with Crippen LogP contribution in [-0.4, -0.2) is 34.5 Å². The molecule has 0 saturated heterocycles. The van der Waals surface area contributed by atoms with Gasteiger partial charge in [-0.05, 0) is 0 Å². The van der Waals surface area contributed by atoms with Crippen LogP contribution in [0.2, 0.25) is 58.9 Å². The first-order valence-corrected chi connectivity index (χ1v) is 22.6. The summed E-state index contributed by atoms with van der Waals surface area (Å²) >= 11 is 0. The molecule has 0 saturated carbocycles. The monoisotopic (exact) mass is 327 g/mol. The maximum Gasteiger partial charge on any atom is 0.681 e. The molecule has 0 heterocycles. The lowest BCUT2D eigenvalue weighted by molar-refractivity contribution is 0.417. The van der Waals surface area contributed by atoms with E-state index >= 15 is 0 Å². The molecule has 0 aromatic rings. The van der Waals surface area contributed by atoms with Crippen LogP contribution in [0.3, 0.4) is 0 Å². The second kappa shape index (κ2) is 5.11. The predicted octanol–water partition coefficient (Wildman–Crippen LogP) is 3.85. The molecule has 17 heavy (non-hydrogen) atoms. The molecule has 0 aromatic carbocycles. The molecule has 0 aliphatic heterocycles.